The van der Waals surface area contributed by atoms with Crippen LogP contribution in [-0.4, -0.2) is 40.3 Å². The zero-order valence-corrected chi connectivity index (χ0v) is 13.9. The molecule has 0 saturated carbocycles. The van der Waals surface area contributed by atoms with Gasteiger partial charge >= 0.3 is 12.1 Å². The van der Waals surface area contributed by atoms with Gasteiger partial charge in [0.15, 0.2) is 0 Å². The third kappa shape index (κ3) is 3.43. The van der Waals surface area contributed by atoms with E-state index in [2.05, 4.69) is 0 Å². The molecule has 22 heavy (non-hydrogen) atoms. The molecule has 1 aliphatic rings. The second-order valence-electron chi connectivity index (χ2n) is 6.43. The first-order valence-electron chi connectivity index (χ1n) is 7.55. The Hall–Kier alpha value is -1.98. The van der Waals surface area contributed by atoms with Crippen LogP contribution in [0.1, 0.15) is 49.4 Å². The van der Waals surface area contributed by atoms with E-state index in [9.17, 15) is 9.59 Å². The Kier molecular flexibility index (Phi) is 4.49. The first-order chi connectivity index (χ1) is 10.2. The van der Waals surface area contributed by atoms with Gasteiger partial charge in [0.25, 0.3) is 0 Å². The number of carbonyl (C=O) groups is 2. The molecular weight excluding hydrogens is 284 g/mol. The second kappa shape index (κ2) is 6.02. The number of amides is 1. The minimum Gasteiger partial charge on any atom is -0.461 e. The van der Waals surface area contributed by atoms with E-state index < -0.39 is 5.60 Å². The molecule has 0 spiro atoms. The fourth-order valence-electron chi connectivity index (χ4n) is 2.53. The first-order valence-corrected chi connectivity index (χ1v) is 7.55. The third-order valence-electron chi connectivity index (χ3n) is 3.58. The number of rotatable bonds is 2. The Morgan fingerprint density at radius 3 is 2.59 bits per heavy atom. The van der Waals surface area contributed by atoms with Crippen LogP contribution in [0.15, 0.2) is 6.07 Å². The Bertz CT molecular complexity index is 584. The molecule has 1 aliphatic heterocycles. The van der Waals surface area contributed by atoms with E-state index in [0.29, 0.717) is 31.8 Å². The molecule has 0 bridgehead atoms. The van der Waals surface area contributed by atoms with Crippen molar-refractivity contribution in [2.75, 3.05) is 13.2 Å². The van der Waals surface area contributed by atoms with Gasteiger partial charge < -0.3 is 18.9 Å². The summed E-state index contributed by atoms with van der Waals surface area (Å²) in [5, 5.41) is 0. The molecule has 0 atom stereocenters. The van der Waals surface area contributed by atoms with Crippen molar-refractivity contribution in [1.82, 2.24) is 9.47 Å². The fourth-order valence-corrected chi connectivity index (χ4v) is 2.53. The molecule has 0 fully saturated rings. The fraction of sp³-hybridized carbons (Fsp3) is 0.625. The summed E-state index contributed by atoms with van der Waals surface area (Å²) >= 11 is 0. The zero-order valence-electron chi connectivity index (χ0n) is 13.9. The molecule has 0 saturated heterocycles. The summed E-state index contributed by atoms with van der Waals surface area (Å²) in [4.78, 5) is 25.8. The normalized spacial score (nSPS) is 14.5. The highest BCUT2D eigenvalue weighted by atomic mass is 16.6. The van der Waals surface area contributed by atoms with E-state index >= 15 is 0 Å². The molecule has 0 aliphatic carbocycles. The standard InChI is InChI=1S/C16H24N2O4/c1-6-21-14(19)12-9-11-7-8-18(10-13(11)17(12)5)15(20)22-16(2,3)4/h9H,6-8,10H2,1-5H3. The van der Waals surface area contributed by atoms with Crippen LogP contribution >= 0.6 is 0 Å². The van der Waals surface area contributed by atoms with Crippen LogP contribution in [0.3, 0.4) is 0 Å². The summed E-state index contributed by atoms with van der Waals surface area (Å²) in [5.74, 6) is -0.330. The number of ether oxygens (including phenoxy) is 2. The lowest BCUT2D eigenvalue weighted by Crippen LogP contribution is -2.40. The minimum absolute atomic E-state index is 0.322. The van der Waals surface area contributed by atoms with E-state index in [1.165, 1.54) is 0 Å². The van der Waals surface area contributed by atoms with Crippen molar-refractivity contribution in [3.05, 3.63) is 23.0 Å². The van der Waals surface area contributed by atoms with Gasteiger partial charge in [-0.2, -0.15) is 0 Å². The Labute approximate surface area is 131 Å². The minimum atomic E-state index is -0.512. The van der Waals surface area contributed by atoms with Gasteiger partial charge in [0, 0.05) is 19.3 Å². The van der Waals surface area contributed by atoms with Crippen LogP contribution in [0, 0.1) is 0 Å². The van der Waals surface area contributed by atoms with E-state index in [0.717, 1.165) is 11.3 Å². The summed E-state index contributed by atoms with van der Waals surface area (Å²) in [7, 11) is 1.82. The average molecular weight is 308 g/mol. The molecule has 0 aromatic carbocycles. The maximum absolute atomic E-state index is 12.2. The quantitative estimate of drug-likeness (QED) is 0.788. The molecule has 6 heteroatoms. The van der Waals surface area contributed by atoms with Gasteiger partial charge in [-0.15, -0.1) is 0 Å². The zero-order chi connectivity index (χ0) is 16.5. The molecule has 0 unspecified atom stereocenters. The topological polar surface area (TPSA) is 60.8 Å². The number of hydrogen-bond donors (Lipinski definition) is 0. The molecule has 1 amide bonds. The summed E-state index contributed by atoms with van der Waals surface area (Å²) in [6, 6.07) is 1.86. The predicted molar refractivity (Wildman–Crippen MR) is 81.7 cm³/mol. The molecule has 1 aromatic heterocycles. The molecule has 122 valence electrons. The van der Waals surface area contributed by atoms with Gasteiger partial charge in [-0.05, 0) is 45.7 Å². The van der Waals surface area contributed by atoms with Crippen LogP contribution in [-0.2, 0) is 29.5 Å². The summed E-state index contributed by atoms with van der Waals surface area (Å²) in [5.41, 5.74) is 2.06. The number of fused-ring (bicyclic) bond motifs is 1. The van der Waals surface area contributed by atoms with E-state index in [-0.39, 0.29) is 12.1 Å². The summed E-state index contributed by atoms with van der Waals surface area (Å²) < 4.78 is 12.3. The van der Waals surface area contributed by atoms with Crippen molar-refractivity contribution in [3.8, 4) is 0 Å². The monoisotopic (exact) mass is 308 g/mol. The number of esters is 1. The lowest BCUT2D eigenvalue weighted by Gasteiger charge is -2.30. The SMILES string of the molecule is CCOC(=O)c1cc2c(n1C)CN(C(=O)OC(C)(C)C)CC2. The maximum atomic E-state index is 12.2. The first kappa shape index (κ1) is 16.4. The number of hydrogen-bond acceptors (Lipinski definition) is 4. The lowest BCUT2D eigenvalue weighted by atomic mass is 10.1. The second-order valence-corrected chi connectivity index (χ2v) is 6.43. The molecular formula is C16H24N2O4. The highest BCUT2D eigenvalue weighted by molar-refractivity contribution is 5.88. The summed E-state index contributed by atoms with van der Waals surface area (Å²) in [6.07, 6.45) is 0.388. The molecule has 2 rings (SSSR count). The summed E-state index contributed by atoms with van der Waals surface area (Å²) in [6.45, 7) is 8.71. The lowest BCUT2D eigenvalue weighted by molar-refractivity contribution is 0.0220. The van der Waals surface area contributed by atoms with E-state index in [1.807, 2.05) is 38.5 Å². The Morgan fingerprint density at radius 2 is 2.00 bits per heavy atom. The highest BCUT2D eigenvalue weighted by Gasteiger charge is 2.29. The Balaban J connectivity index is 2.17. The highest BCUT2D eigenvalue weighted by Crippen LogP contribution is 2.24. The van der Waals surface area contributed by atoms with Crippen LogP contribution in [0.25, 0.3) is 0 Å². The van der Waals surface area contributed by atoms with Gasteiger partial charge in [-0.3, -0.25) is 0 Å². The van der Waals surface area contributed by atoms with Crippen molar-refractivity contribution in [2.45, 2.75) is 46.3 Å². The van der Waals surface area contributed by atoms with Crippen LogP contribution in [0.4, 0.5) is 4.79 Å². The maximum Gasteiger partial charge on any atom is 0.410 e. The smallest absolute Gasteiger partial charge is 0.410 e. The van der Waals surface area contributed by atoms with Gasteiger partial charge in [-0.25, -0.2) is 9.59 Å². The molecule has 0 N–H and O–H groups in total. The van der Waals surface area contributed by atoms with Gasteiger partial charge in [0.1, 0.15) is 11.3 Å². The largest absolute Gasteiger partial charge is 0.461 e. The number of nitrogens with zero attached hydrogens (tertiary/aromatic N) is 2. The van der Waals surface area contributed by atoms with Gasteiger partial charge in [0.05, 0.1) is 13.2 Å². The van der Waals surface area contributed by atoms with Gasteiger partial charge in [0.2, 0.25) is 0 Å². The number of aromatic nitrogens is 1. The predicted octanol–water partition coefficient (Wildman–Crippen LogP) is 2.50. The van der Waals surface area contributed by atoms with E-state index in [4.69, 9.17) is 9.47 Å². The van der Waals surface area contributed by atoms with Crippen molar-refractivity contribution < 1.29 is 19.1 Å². The average Bonchev–Trinajstić information content (AvgIpc) is 2.74. The van der Waals surface area contributed by atoms with Crippen LogP contribution in [0.5, 0.6) is 0 Å². The van der Waals surface area contributed by atoms with E-state index in [1.54, 1.807) is 11.8 Å². The van der Waals surface area contributed by atoms with Crippen LogP contribution in [0.2, 0.25) is 0 Å². The molecule has 2 heterocycles. The van der Waals surface area contributed by atoms with Gasteiger partial charge in [-0.1, -0.05) is 0 Å². The molecule has 1 aromatic rings. The molecule has 0 radical (unpaired) electrons. The number of carbonyl (C=O) groups excluding carboxylic acids is 2. The van der Waals surface area contributed by atoms with Crippen molar-refractivity contribution in [3.63, 3.8) is 0 Å². The van der Waals surface area contributed by atoms with Crippen molar-refractivity contribution in [2.24, 2.45) is 7.05 Å². The van der Waals surface area contributed by atoms with Crippen molar-refractivity contribution >= 4 is 12.1 Å². The van der Waals surface area contributed by atoms with Crippen LogP contribution < -0.4 is 0 Å². The Morgan fingerprint density at radius 1 is 1.32 bits per heavy atom. The molecule has 6 nitrogen and oxygen atoms in total. The van der Waals surface area contributed by atoms with Crippen molar-refractivity contribution in [1.29, 1.82) is 0 Å². The third-order valence-corrected chi connectivity index (χ3v) is 3.58.